The van der Waals surface area contributed by atoms with Gasteiger partial charge in [0.2, 0.25) is 0 Å². The van der Waals surface area contributed by atoms with Crippen molar-refractivity contribution in [2.75, 3.05) is 6.54 Å². The molecule has 1 aliphatic rings. The van der Waals surface area contributed by atoms with Crippen LogP contribution in [0.5, 0.6) is 0 Å². The Morgan fingerprint density at radius 1 is 1.43 bits per heavy atom. The maximum atomic E-state index is 8.55. The highest BCUT2D eigenvalue weighted by Gasteiger charge is 2.16. The van der Waals surface area contributed by atoms with Crippen LogP contribution >= 0.6 is 0 Å². The van der Waals surface area contributed by atoms with Crippen molar-refractivity contribution in [3.63, 3.8) is 0 Å². The molecule has 4 heteroatoms. The molecule has 0 spiro atoms. The van der Waals surface area contributed by atoms with Crippen molar-refractivity contribution < 1.29 is 0 Å². The molecule has 0 unspecified atom stereocenters. The third kappa shape index (κ3) is 1.25. The first kappa shape index (κ1) is 8.45. The molecule has 4 nitrogen and oxygen atoms in total. The van der Waals surface area contributed by atoms with E-state index in [9.17, 15) is 0 Å². The standard InChI is InChI=1S/C10H8N4/c1-8-9-4-2-3-5-10(9)12-13-14(8)7-6-11/h2-5H,1,7H2. The molecule has 68 valence electrons. The van der Waals surface area contributed by atoms with Gasteiger partial charge in [0.25, 0.3) is 0 Å². The van der Waals surface area contributed by atoms with E-state index in [0.717, 1.165) is 16.9 Å². The summed E-state index contributed by atoms with van der Waals surface area (Å²) in [7, 11) is 0. The summed E-state index contributed by atoms with van der Waals surface area (Å²) in [6.45, 7) is 4.05. The maximum absolute atomic E-state index is 8.55. The molecule has 0 aliphatic carbocycles. The molecule has 0 saturated heterocycles. The number of benzene rings is 1. The molecule has 0 saturated carbocycles. The van der Waals surface area contributed by atoms with Gasteiger partial charge in [-0.05, 0) is 6.07 Å². The van der Waals surface area contributed by atoms with Crippen LogP contribution in [-0.4, -0.2) is 11.6 Å². The monoisotopic (exact) mass is 184 g/mol. The third-order valence-electron chi connectivity index (χ3n) is 2.01. The highest BCUT2D eigenvalue weighted by molar-refractivity contribution is 5.72. The predicted octanol–water partition coefficient (Wildman–Crippen LogP) is 2.50. The van der Waals surface area contributed by atoms with Crippen LogP contribution in [0, 0.1) is 11.3 Å². The Morgan fingerprint density at radius 3 is 3.00 bits per heavy atom. The predicted molar refractivity (Wildman–Crippen MR) is 52.3 cm³/mol. The van der Waals surface area contributed by atoms with Crippen molar-refractivity contribution in [1.29, 1.82) is 5.26 Å². The van der Waals surface area contributed by atoms with Crippen molar-refractivity contribution in [3.05, 3.63) is 36.4 Å². The Hall–Kier alpha value is -2.15. The van der Waals surface area contributed by atoms with Gasteiger partial charge in [0.1, 0.15) is 6.54 Å². The molecule has 0 fully saturated rings. The number of fused-ring (bicyclic) bond motifs is 1. The normalized spacial score (nSPS) is 13.6. The Balaban J connectivity index is 2.41. The highest BCUT2D eigenvalue weighted by atomic mass is 15.6. The second kappa shape index (κ2) is 3.30. The van der Waals surface area contributed by atoms with Crippen LogP contribution in [0.4, 0.5) is 5.69 Å². The zero-order chi connectivity index (χ0) is 9.97. The lowest BCUT2D eigenvalue weighted by Crippen LogP contribution is -2.16. The van der Waals surface area contributed by atoms with Crippen molar-refractivity contribution in [2.24, 2.45) is 10.3 Å². The zero-order valence-electron chi connectivity index (χ0n) is 7.51. The molecule has 14 heavy (non-hydrogen) atoms. The summed E-state index contributed by atoms with van der Waals surface area (Å²) in [6.07, 6.45) is 0. The van der Waals surface area contributed by atoms with Crippen molar-refractivity contribution >= 4 is 11.4 Å². The van der Waals surface area contributed by atoms with Gasteiger partial charge in [0.05, 0.1) is 17.5 Å². The van der Waals surface area contributed by atoms with Crippen molar-refractivity contribution in [2.45, 2.75) is 0 Å². The maximum Gasteiger partial charge on any atom is 0.130 e. The SMILES string of the molecule is C=C1c2ccccc2N=NN1CC#N. The lowest BCUT2D eigenvalue weighted by Gasteiger charge is -2.21. The van der Waals surface area contributed by atoms with Crippen molar-refractivity contribution in [1.82, 2.24) is 5.01 Å². The van der Waals surface area contributed by atoms with Gasteiger partial charge in [-0.2, -0.15) is 5.26 Å². The van der Waals surface area contributed by atoms with Crippen LogP contribution in [0.15, 0.2) is 41.2 Å². The minimum absolute atomic E-state index is 0.177. The van der Waals surface area contributed by atoms with Crippen molar-refractivity contribution in [3.8, 4) is 6.07 Å². The molecule has 0 atom stereocenters. The lowest BCUT2D eigenvalue weighted by molar-refractivity contribution is 0.436. The molecule has 0 radical (unpaired) electrons. The molecule has 2 rings (SSSR count). The van der Waals surface area contributed by atoms with Crippen LogP contribution < -0.4 is 0 Å². The summed E-state index contributed by atoms with van der Waals surface area (Å²) in [5.41, 5.74) is 2.45. The lowest BCUT2D eigenvalue weighted by atomic mass is 10.1. The minimum Gasteiger partial charge on any atom is -0.233 e. The van der Waals surface area contributed by atoms with Crippen LogP contribution in [0.3, 0.4) is 0 Å². The molecule has 1 heterocycles. The number of hydrogen-bond donors (Lipinski definition) is 0. The fourth-order valence-corrected chi connectivity index (χ4v) is 1.29. The summed E-state index contributed by atoms with van der Waals surface area (Å²) in [6, 6.07) is 9.60. The number of nitriles is 1. The molecule has 1 aromatic carbocycles. The van der Waals surface area contributed by atoms with Gasteiger partial charge in [-0.3, -0.25) is 0 Å². The molecule has 0 bridgehead atoms. The van der Waals surface area contributed by atoms with E-state index in [1.165, 1.54) is 5.01 Å². The van der Waals surface area contributed by atoms with E-state index in [0.29, 0.717) is 0 Å². The largest absolute Gasteiger partial charge is 0.233 e. The second-order valence-corrected chi connectivity index (χ2v) is 2.87. The number of rotatable bonds is 1. The number of hydrogen-bond acceptors (Lipinski definition) is 4. The van der Waals surface area contributed by atoms with Crippen LogP contribution in [0.25, 0.3) is 5.70 Å². The third-order valence-corrected chi connectivity index (χ3v) is 2.01. The van der Waals surface area contributed by atoms with Gasteiger partial charge >= 0.3 is 0 Å². The van der Waals surface area contributed by atoms with E-state index in [2.05, 4.69) is 16.9 Å². The number of nitrogens with zero attached hydrogens (tertiary/aromatic N) is 4. The minimum atomic E-state index is 0.177. The van der Waals surface area contributed by atoms with Crippen LogP contribution in [-0.2, 0) is 0 Å². The van der Waals surface area contributed by atoms with E-state index in [-0.39, 0.29) is 6.54 Å². The molecular weight excluding hydrogens is 176 g/mol. The van der Waals surface area contributed by atoms with E-state index in [1.807, 2.05) is 30.3 Å². The first-order chi connectivity index (χ1) is 6.83. The Morgan fingerprint density at radius 2 is 2.21 bits per heavy atom. The quantitative estimate of drug-likeness (QED) is 0.629. The molecule has 0 aromatic heterocycles. The molecule has 1 aromatic rings. The summed E-state index contributed by atoms with van der Waals surface area (Å²) in [4.78, 5) is 0. The second-order valence-electron chi connectivity index (χ2n) is 2.87. The molecule has 1 aliphatic heterocycles. The van der Waals surface area contributed by atoms with Gasteiger partial charge < -0.3 is 0 Å². The Bertz CT molecular complexity index is 442. The van der Waals surface area contributed by atoms with Crippen LogP contribution in [0.1, 0.15) is 5.56 Å². The molecular formula is C10H8N4. The average molecular weight is 184 g/mol. The molecule has 0 N–H and O–H groups in total. The van der Waals surface area contributed by atoms with Gasteiger partial charge in [0.15, 0.2) is 0 Å². The smallest absolute Gasteiger partial charge is 0.130 e. The van der Waals surface area contributed by atoms with Crippen LogP contribution in [0.2, 0.25) is 0 Å². The van der Waals surface area contributed by atoms with E-state index in [1.54, 1.807) is 0 Å². The van der Waals surface area contributed by atoms with E-state index >= 15 is 0 Å². The summed E-state index contributed by atoms with van der Waals surface area (Å²) in [5.74, 6) is 0. The highest BCUT2D eigenvalue weighted by Crippen LogP contribution is 2.32. The first-order valence-electron chi connectivity index (χ1n) is 4.17. The first-order valence-corrected chi connectivity index (χ1v) is 4.17. The van der Waals surface area contributed by atoms with Gasteiger partial charge in [-0.15, -0.1) is 5.11 Å². The fourth-order valence-electron chi connectivity index (χ4n) is 1.29. The zero-order valence-corrected chi connectivity index (χ0v) is 7.51. The Kier molecular flexibility index (Phi) is 1.99. The van der Waals surface area contributed by atoms with Gasteiger partial charge in [-0.25, -0.2) is 5.01 Å². The fraction of sp³-hybridized carbons (Fsp3) is 0.100. The average Bonchev–Trinajstić information content (AvgIpc) is 2.23. The summed E-state index contributed by atoms with van der Waals surface area (Å²) < 4.78 is 0. The summed E-state index contributed by atoms with van der Waals surface area (Å²) in [5, 5.41) is 17.9. The van der Waals surface area contributed by atoms with E-state index in [4.69, 9.17) is 5.26 Å². The van der Waals surface area contributed by atoms with Gasteiger partial charge in [0, 0.05) is 5.56 Å². The molecule has 0 amide bonds. The Labute approximate surface area is 81.8 Å². The topological polar surface area (TPSA) is 51.8 Å². The van der Waals surface area contributed by atoms with E-state index < -0.39 is 0 Å². The summed E-state index contributed by atoms with van der Waals surface area (Å²) >= 11 is 0. The van der Waals surface area contributed by atoms with Gasteiger partial charge in [-0.1, -0.05) is 30.0 Å².